The third-order valence-corrected chi connectivity index (χ3v) is 10.9. The van der Waals surface area contributed by atoms with Crippen molar-refractivity contribution in [2.75, 3.05) is 26.4 Å². The number of unbranched alkanes of at least 4 members (excludes halogenated alkanes) is 28. The van der Waals surface area contributed by atoms with E-state index in [9.17, 15) is 24.2 Å². The van der Waals surface area contributed by atoms with Crippen LogP contribution in [-0.2, 0) is 27.9 Å². The Hall–Kier alpha value is -1.25. The largest absolute Gasteiger partial charge is 0.472 e. The van der Waals surface area contributed by atoms with Crippen molar-refractivity contribution in [3.63, 3.8) is 0 Å². The van der Waals surface area contributed by atoms with Crippen molar-refractivity contribution in [3.05, 3.63) is 12.2 Å². The second kappa shape index (κ2) is 41.4. The molecule has 0 saturated carbocycles. The monoisotopic (exact) mass is 788 g/mol. The van der Waals surface area contributed by atoms with E-state index in [0.717, 1.165) is 38.5 Å². The van der Waals surface area contributed by atoms with E-state index in [1.54, 1.807) is 0 Å². The Morgan fingerprint density at radius 3 is 1.39 bits per heavy atom. The van der Waals surface area contributed by atoms with Gasteiger partial charge in [0, 0.05) is 19.4 Å². The lowest BCUT2D eigenvalue weighted by Crippen LogP contribution is -2.27. The number of carbonyl (C=O) groups is 2. The summed E-state index contributed by atoms with van der Waals surface area (Å²) in [5, 5.41) is 12.7. The van der Waals surface area contributed by atoms with Crippen molar-refractivity contribution in [3.8, 4) is 0 Å². The summed E-state index contributed by atoms with van der Waals surface area (Å²) in [4.78, 5) is 33.9. The molecule has 0 spiro atoms. The molecule has 2 atom stereocenters. The molecule has 0 aliphatic rings. The number of hydrogen-bond acceptors (Lipinski definition) is 7. The summed E-state index contributed by atoms with van der Waals surface area (Å²) in [5.74, 6) is -0.509. The average Bonchev–Trinajstić information content (AvgIpc) is 3.16. The first kappa shape index (κ1) is 52.8. The summed E-state index contributed by atoms with van der Waals surface area (Å²) in [6.07, 6.45) is 42.9. The lowest BCUT2D eigenvalue weighted by atomic mass is 10.0. The van der Waals surface area contributed by atoms with Crippen molar-refractivity contribution in [2.24, 2.45) is 0 Å². The smallest absolute Gasteiger partial charge is 0.463 e. The molecule has 0 bridgehead atoms. The number of nitrogens with one attached hydrogen (secondary N) is 1. The zero-order valence-corrected chi connectivity index (χ0v) is 36.1. The molecule has 54 heavy (non-hydrogen) atoms. The molecule has 0 aromatic rings. The van der Waals surface area contributed by atoms with Crippen LogP contribution in [0.25, 0.3) is 0 Å². The molecule has 0 aromatic carbocycles. The van der Waals surface area contributed by atoms with Gasteiger partial charge in [-0.3, -0.25) is 18.6 Å². The summed E-state index contributed by atoms with van der Waals surface area (Å²) in [6, 6.07) is 0. The Balaban J connectivity index is 3.54. The van der Waals surface area contributed by atoms with E-state index in [-0.39, 0.29) is 32.1 Å². The van der Waals surface area contributed by atoms with Gasteiger partial charge in [0.05, 0.1) is 13.2 Å². The van der Waals surface area contributed by atoms with Crippen molar-refractivity contribution in [2.45, 2.75) is 232 Å². The zero-order valence-electron chi connectivity index (χ0n) is 35.2. The molecule has 2 unspecified atom stereocenters. The van der Waals surface area contributed by atoms with Crippen molar-refractivity contribution in [1.29, 1.82) is 0 Å². The highest BCUT2D eigenvalue weighted by Gasteiger charge is 2.23. The number of rotatable bonds is 43. The first-order chi connectivity index (χ1) is 26.3. The molecular formula is C44H86NO8P. The summed E-state index contributed by atoms with van der Waals surface area (Å²) in [5.41, 5.74) is 0. The van der Waals surface area contributed by atoms with Crippen LogP contribution in [0, 0.1) is 0 Å². The topological polar surface area (TPSA) is 131 Å². The number of phosphoric ester groups is 1. The molecule has 320 valence electrons. The van der Waals surface area contributed by atoms with Gasteiger partial charge in [0.25, 0.3) is 0 Å². The SMILES string of the molecule is CCCCCCCC/C=C/CCCCCCCCCCCCCC(=O)OCC(O)COP(=O)(O)OCCNC(=O)CCCCCCCCCCCCCC. The highest BCUT2D eigenvalue weighted by Crippen LogP contribution is 2.42. The number of aliphatic hydroxyl groups excluding tert-OH is 1. The first-order valence-electron chi connectivity index (χ1n) is 22.7. The average molecular weight is 788 g/mol. The Morgan fingerprint density at radius 2 is 0.944 bits per heavy atom. The first-order valence-corrected chi connectivity index (χ1v) is 24.2. The van der Waals surface area contributed by atoms with Gasteiger partial charge in [0.1, 0.15) is 12.7 Å². The normalized spacial score (nSPS) is 13.3. The molecular weight excluding hydrogens is 701 g/mol. The Bertz CT molecular complexity index is 902. The third-order valence-electron chi connectivity index (χ3n) is 9.95. The Kier molecular flexibility index (Phi) is 40.4. The minimum Gasteiger partial charge on any atom is -0.463 e. The molecule has 0 radical (unpaired) electrons. The van der Waals surface area contributed by atoms with E-state index in [2.05, 4.69) is 31.3 Å². The van der Waals surface area contributed by atoms with Gasteiger partial charge in [-0.1, -0.05) is 187 Å². The molecule has 0 rings (SSSR count). The molecule has 0 aromatic heterocycles. The number of ether oxygens (including phenoxy) is 1. The molecule has 9 nitrogen and oxygen atoms in total. The zero-order chi connectivity index (χ0) is 39.6. The maximum absolute atomic E-state index is 12.1. The summed E-state index contributed by atoms with van der Waals surface area (Å²) in [7, 11) is -4.41. The van der Waals surface area contributed by atoms with E-state index in [1.165, 1.54) is 161 Å². The van der Waals surface area contributed by atoms with Crippen LogP contribution in [0.1, 0.15) is 226 Å². The van der Waals surface area contributed by atoms with Gasteiger partial charge >= 0.3 is 13.8 Å². The molecule has 0 saturated heterocycles. The quantitative estimate of drug-likeness (QED) is 0.0241. The summed E-state index contributed by atoms with van der Waals surface area (Å²) in [6.45, 7) is 3.57. The van der Waals surface area contributed by atoms with Crippen LogP contribution >= 0.6 is 7.82 Å². The molecule has 1 amide bonds. The molecule has 0 heterocycles. The second-order valence-electron chi connectivity index (χ2n) is 15.4. The van der Waals surface area contributed by atoms with E-state index in [0.29, 0.717) is 6.42 Å². The second-order valence-corrected chi connectivity index (χ2v) is 16.8. The fraction of sp³-hybridized carbons (Fsp3) is 0.909. The number of hydrogen-bond donors (Lipinski definition) is 3. The van der Waals surface area contributed by atoms with Gasteiger partial charge in [-0.2, -0.15) is 0 Å². The van der Waals surface area contributed by atoms with Crippen LogP contribution in [0.3, 0.4) is 0 Å². The third kappa shape index (κ3) is 41.9. The fourth-order valence-corrected chi connectivity index (χ4v) is 7.25. The van der Waals surface area contributed by atoms with Gasteiger partial charge in [-0.25, -0.2) is 4.57 Å². The van der Waals surface area contributed by atoms with Crippen LogP contribution in [0.5, 0.6) is 0 Å². The molecule has 3 N–H and O–H groups in total. The fourth-order valence-electron chi connectivity index (χ4n) is 6.49. The van der Waals surface area contributed by atoms with Crippen LogP contribution in [-0.4, -0.2) is 54.3 Å². The maximum atomic E-state index is 12.1. The van der Waals surface area contributed by atoms with E-state index < -0.39 is 26.5 Å². The minimum atomic E-state index is -4.41. The van der Waals surface area contributed by atoms with Gasteiger partial charge in [0.2, 0.25) is 5.91 Å². The lowest BCUT2D eigenvalue weighted by molar-refractivity contribution is -0.147. The van der Waals surface area contributed by atoms with Crippen molar-refractivity contribution in [1.82, 2.24) is 5.32 Å². The van der Waals surface area contributed by atoms with Gasteiger partial charge in [-0.05, 0) is 38.5 Å². The highest BCUT2D eigenvalue weighted by atomic mass is 31.2. The Morgan fingerprint density at radius 1 is 0.556 bits per heavy atom. The van der Waals surface area contributed by atoms with Crippen LogP contribution in [0.2, 0.25) is 0 Å². The van der Waals surface area contributed by atoms with E-state index in [1.807, 2.05) is 0 Å². The predicted octanol–water partition coefficient (Wildman–Crippen LogP) is 12.6. The Labute approximate surface area is 332 Å². The van der Waals surface area contributed by atoms with E-state index in [4.69, 9.17) is 13.8 Å². The molecule has 0 aliphatic carbocycles. The number of allylic oxidation sites excluding steroid dienone is 2. The minimum absolute atomic E-state index is 0.0863. The maximum Gasteiger partial charge on any atom is 0.472 e. The summed E-state index contributed by atoms with van der Waals surface area (Å²) < 4.78 is 26.9. The van der Waals surface area contributed by atoms with Crippen LogP contribution < -0.4 is 5.32 Å². The number of esters is 1. The van der Waals surface area contributed by atoms with Gasteiger partial charge in [-0.15, -0.1) is 0 Å². The number of phosphoric acid groups is 1. The number of aliphatic hydroxyl groups is 1. The van der Waals surface area contributed by atoms with Crippen LogP contribution in [0.4, 0.5) is 0 Å². The lowest BCUT2D eigenvalue weighted by Gasteiger charge is -2.15. The highest BCUT2D eigenvalue weighted by molar-refractivity contribution is 7.47. The predicted molar refractivity (Wildman–Crippen MR) is 225 cm³/mol. The van der Waals surface area contributed by atoms with E-state index >= 15 is 0 Å². The van der Waals surface area contributed by atoms with Crippen molar-refractivity contribution >= 4 is 19.7 Å². The number of carbonyl (C=O) groups excluding carboxylic acids is 2. The van der Waals surface area contributed by atoms with Gasteiger partial charge in [0.15, 0.2) is 0 Å². The van der Waals surface area contributed by atoms with Gasteiger partial charge < -0.3 is 20.1 Å². The number of amides is 1. The standard InChI is InChI=1S/C44H86NO8P/c1-3-5-7-9-11-13-15-17-18-19-20-21-22-23-24-25-27-29-31-33-35-37-44(48)51-40-42(46)41-53-54(49,50)52-39-38-45-43(47)36-34-32-30-28-26-16-14-12-10-8-6-4-2/h17-18,42,46H,3-16,19-41H2,1-2H3,(H,45,47)(H,49,50)/b18-17+. The van der Waals surface area contributed by atoms with Crippen LogP contribution in [0.15, 0.2) is 12.2 Å². The molecule has 0 aliphatic heterocycles. The summed E-state index contributed by atoms with van der Waals surface area (Å²) >= 11 is 0. The van der Waals surface area contributed by atoms with Crippen molar-refractivity contribution < 1.29 is 37.9 Å². The molecule has 10 heteroatoms. The molecule has 0 fully saturated rings.